The van der Waals surface area contributed by atoms with E-state index >= 15 is 0 Å². The van der Waals surface area contributed by atoms with Crippen LogP contribution in [0.4, 0.5) is 0 Å². The monoisotopic (exact) mass is 235 g/mol. The van der Waals surface area contributed by atoms with Crippen LogP contribution in [0.15, 0.2) is 4.52 Å². The Hall–Kier alpha value is -1.41. The Kier molecular flexibility index (Phi) is 4.10. The molecule has 92 valence electrons. The Morgan fingerprint density at radius 2 is 2.47 bits per heavy atom. The second kappa shape index (κ2) is 5.78. The molecule has 2 heterocycles. The molecule has 1 saturated heterocycles. The summed E-state index contributed by atoms with van der Waals surface area (Å²) in [6, 6.07) is 2.13. The summed E-state index contributed by atoms with van der Waals surface area (Å²) in [4.78, 5) is 4.38. The van der Waals surface area contributed by atoms with E-state index in [-0.39, 0.29) is 5.92 Å². The van der Waals surface area contributed by atoms with Crippen LogP contribution in [0.2, 0.25) is 0 Å². The van der Waals surface area contributed by atoms with Gasteiger partial charge in [0.1, 0.15) is 0 Å². The molecule has 1 aromatic heterocycles. The number of hydrogen-bond acceptors (Lipinski definition) is 5. The molecule has 5 nitrogen and oxygen atoms in total. The average Bonchev–Trinajstić information content (AvgIpc) is 2.98. The minimum Gasteiger partial charge on any atom is -0.381 e. The normalized spacial score (nSPS) is 21.3. The Morgan fingerprint density at radius 3 is 3.18 bits per heavy atom. The molecule has 2 atom stereocenters. The van der Waals surface area contributed by atoms with Crippen LogP contribution in [0.25, 0.3) is 0 Å². The quantitative estimate of drug-likeness (QED) is 0.781. The third-order valence-electron chi connectivity index (χ3n) is 3.09. The van der Waals surface area contributed by atoms with Crippen LogP contribution >= 0.6 is 0 Å². The lowest BCUT2D eigenvalue weighted by atomic mass is 10.0. The standard InChI is InChI=1S/C12H17N3O2/c1-9(3-2-5-13)12-14-11(15-17-12)7-10-4-6-16-8-10/h9-10H,2-4,6-8H2,1H3. The lowest BCUT2D eigenvalue weighted by Crippen LogP contribution is -2.05. The van der Waals surface area contributed by atoms with Crippen molar-refractivity contribution in [3.05, 3.63) is 11.7 Å². The van der Waals surface area contributed by atoms with Crippen molar-refractivity contribution in [3.8, 4) is 6.07 Å². The minimum atomic E-state index is 0.163. The molecule has 1 aromatic rings. The molecule has 0 spiro atoms. The lowest BCUT2D eigenvalue weighted by Gasteiger charge is -2.02. The molecule has 2 rings (SSSR count). The molecule has 2 unspecified atom stereocenters. The van der Waals surface area contributed by atoms with E-state index in [0.29, 0.717) is 18.2 Å². The van der Waals surface area contributed by atoms with E-state index in [1.807, 2.05) is 6.92 Å². The zero-order valence-electron chi connectivity index (χ0n) is 10.1. The SMILES string of the molecule is CC(CCC#N)c1nc(CC2CCOC2)no1. The maximum absolute atomic E-state index is 8.53. The first-order valence-corrected chi connectivity index (χ1v) is 6.06. The van der Waals surface area contributed by atoms with Crippen molar-refractivity contribution < 1.29 is 9.26 Å². The van der Waals surface area contributed by atoms with Crippen molar-refractivity contribution >= 4 is 0 Å². The Labute approximate surface area is 101 Å². The summed E-state index contributed by atoms with van der Waals surface area (Å²) in [5.41, 5.74) is 0. The highest BCUT2D eigenvalue weighted by molar-refractivity contribution is 4.95. The molecule has 0 amide bonds. The summed E-state index contributed by atoms with van der Waals surface area (Å²) in [5, 5.41) is 12.5. The largest absolute Gasteiger partial charge is 0.381 e. The Morgan fingerprint density at radius 1 is 1.59 bits per heavy atom. The molecule has 0 saturated carbocycles. The van der Waals surface area contributed by atoms with Gasteiger partial charge in [-0.15, -0.1) is 0 Å². The molecule has 17 heavy (non-hydrogen) atoms. The fraction of sp³-hybridized carbons (Fsp3) is 0.750. The fourth-order valence-electron chi connectivity index (χ4n) is 1.96. The molecular weight excluding hydrogens is 218 g/mol. The second-order valence-electron chi connectivity index (χ2n) is 4.58. The number of rotatable bonds is 5. The first-order chi connectivity index (χ1) is 8.29. The molecule has 0 bridgehead atoms. The van der Waals surface area contributed by atoms with Crippen LogP contribution in [0.5, 0.6) is 0 Å². The molecular formula is C12H17N3O2. The van der Waals surface area contributed by atoms with Crippen molar-refractivity contribution in [2.24, 2.45) is 5.92 Å². The van der Waals surface area contributed by atoms with Gasteiger partial charge in [-0.3, -0.25) is 0 Å². The molecule has 1 aliphatic heterocycles. The van der Waals surface area contributed by atoms with Crippen LogP contribution in [0, 0.1) is 17.2 Å². The predicted octanol–water partition coefficient (Wildman–Crippen LogP) is 2.06. The van der Waals surface area contributed by atoms with Crippen LogP contribution < -0.4 is 0 Å². The lowest BCUT2D eigenvalue weighted by molar-refractivity contribution is 0.185. The summed E-state index contributed by atoms with van der Waals surface area (Å²) >= 11 is 0. The van der Waals surface area contributed by atoms with E-state index < -0.39 is 0 Å². The van der Waals surface area contributed by atoms with Crippen LogP contribution in [0.3, 0.4) is 0 Å². The minimum absolute atomic E-state index is 0.163. The van der Waals surface area contributed by atoms with Gasteiger partial charge in [-0.2, -0.15) is 10.2 Å². The van der Waals surface area contributed by atoms with E-state index in [1.54, 1.807) is 0 Å². The molecule has 0 aromatic carbocycles. The van der Waals surface area contributed by atoms with Crippen molar-refractivity contribution in [1.82, 2.24) is 10.1 Å². The number of hydrogen-bond donors (Lipinski definition) is 0. The molecule has 1 fully saturated rings. The van der Waals surface area contributed by atoms with Crippen LogP contribution in [0.1, 0.15) is 43.8 Å². The third kappa shape index (κ3) is 3.27. The molecule has 0 N–H and O–H groups in total. The molecule has 1 aliphatic rings. The van der Waals surface area contributed by atoms with Gasteiger partial charge in [-0.25, -0.2) is 0 Å². The van der Waals surface area contributed by atoms with Crippen molar-refractivity contribution in [3.63, 3.8) is 0 Å². The summed E-state index contributed by atoms with van der Waals surface area (Å²) < 4.78 is 10.5. The summed E-state index contributed by atoms with van der Waals surface area (Å²) in [6.07, 6.45) is 3.20. The molecule has 5 heteroatoms. The topological polar surface area (TPSA) is 71.9 Å². The zero-order valence-corrected chi connectivity index (χ0v) is 10.1. The highest BCUT2D eigenvalue weighted by atomic mass is 16.5. The van der Waals surface area contributed by atoms with Crippen molar-refractivity contribution in [2.45, 2.75) is 38.5 Å². The van der Waals surface area contributed by atoms with Gasteiger partial charge < -0.3 is 9.26 Å². The van der Waals surface area contributed by atoms with Crippen molar-refractivity contribution in [2.75, 3.05) is 13.2 Å². The van der Waals surface area contributed by atoms with Gasteiger partial charge in [0, 0.05) is 32.0 Å². The van der Waals surface area contributed by atoms with E-state index in [4.69, 9.17) is 14.5 Å². The fourth-order valence-corrected chi connectivity index (χ4v) is 1.96. The van der Waals surface area contributed by atoms with E-state index in [1.165, 1.54) is 0 Å². The van der Waals surface area contributed by atoms with Gasteiger partial charge in [0.25, 0.3) is 0 Å². The van der Waals surface area contributed by atoms with Gasteiger partial charge >= 0.3 is 0 Å². The number of nitriles is 1. The van der Waals surface area contributed by atoms with Crippen LogP contribution in [-0.2, 0) is 11.2 Å². The second-order valence-corrected chi connectivity index (χ2v) is 4.58. The van der Waals surface area contributed by atoms with E-state index in [9.17, 15) is 0 Å². The predicted molar refractivity (Wildman–Crippen MR) is 60.2 cm³/mol. The van der Waals surface area contributed by atoms with Gasteiger partial charge in [-0.1, -0.05) is 12.1 Å². The van der Waals surface area contributed by atoms with Gasteiger partial charge in [0.05, 0.1) is 6.07 Å². The highest BCUT2D eigenvalue weighted by Gasteiger charge is 2.20. The third-order valence-corrected chi connectivity index (χ3v) is 3.09. The Bertz CT molecular complexity index is 391. The number of aromatic nitrogens is 2. The first kappa shape index (κ1) is 12.1. The summed E-state index contributed by atoms with van der Waals surface area (Å²) in [5.74, 6) is 2.10. The number of ether oxygens (including phenoxy) is 1. The van der Waals surface area contributed by atoms with E-state index in [2.05, 4.69) is 16.2 Å². The Balaban J connectivity index is 1.88. The smallest absolute Gasteiger partial charge is 0.229 e. The van der Waals surface area contributed by atoms with Gasteiger partial charge in [0.2, 0.25) is 5.89 Å². The van der Waals surface area contributed by atoms with Crippen LogP contribution in [-0.4, -0.2) is 23.4 Å². The summed E-state index contributed by atoms with van der Waals surface area (Å²) in [6.45, 7) is 3.65. The molecule has 0 aliphatic carbocycles. The van der Waals surface area contributed by atoms with Crippen molar-refractivity contribution in [1.29, 1.82) is 5.26 Å². The van der Waals surface area contributed by atoms with Gasteiger partial charge in [-0.05, 0) is 18.8 Å². The maximum Gasteiger partial charge on any atom is 0.229 e. The maximum atomic E-state index is 8.53. The summed E-state index contributed by atoms with van der Waals surface area (Å²) in [7, 11) is 0. The molecule has 0 radical (unpaired) electrons. The van der Waals surface area contributed by atoms with Gasteiger partial charge in [0.15, 0.2) is 5.82 Å². The first-order valence-electron chi connectivity index (χ1n) is 6.06. The average molecular weight is 235 g/mol. The number of nitrogens with zero attached hydrogens (tertiary/aromatic N) is 3. The zero-order chi connectivity index (χ0) is 12.1. The van der Waals surface area contributed by atoms with E-state index in [0.717, 1.165) is 38.3 Å². The highest BCUT2D eigenvalue weighted by Crippen LogP contribution is 2.21.